The molecule has 0 atom stereocenters. The topological polar surface area (TPSA) is 105 Å². The van der Waals surface area contributed by atoms with Crippen molar-refractivity contribution in [3.63, 3.8) is 0 Å². The van der Waals surface area contributed by atoms with Gasteiger partial charge in [0.1, 0.15) is 0 Å². The molecule has 7 heteroatoms. The summed E-state index contributed by atoms with van der Waals surface area (Å²) in [6.07, 6.45) is 6.76. The van der Waals surface area contributed by atoms with Crippen molar-refractivity contribution in [2.45, 2.75) is 51.6 Å². The van der Waals surface area contributed by atoms with Crippen LogP contribution in [-0.4, -0.2) is 41.9 Å². The molecule has 7 nitrogen and oxygen atoms in total. The maximum Gasteiger partial charge on any atom is 0.414 e. The summed E-state index contributed by atoms with van der Waals surface area (Å²) in [4.78, 5) is 18.2. The standard InChI is InChI=1S/C16H25NO2.C2H2O4/c1-3-19-16-11-13(9-10-15(16)18-2)12-17-14-7-5-4-6-8-14;3-1(4)2(5)6/h9-11,14,17H,3-8,12H2,1-2H3;(H,3,4)(H,5,6). The summed E-state index contributed by atoms with van der Waals surface area (Å²) < 4.78 is 10.9. The minimum atomic E-state index is -1.82. The first-order chi connectivity index (χ1) is 12.0. The average molecular weight is 353 g/mol. The molecule has 140 valence electrons. The lowest BCUT2D eigenvalue weighted by atomic mass is 9.95. The predicted octanol–water partition coefficient (Wildman–Crippen LogP) is 2.67. The van der Waals surface area contributed by atoms with Crippen LogP contribution >= 0.6 is 0 Å². The van der Waals surface area contributed by atoms with Crippen LogP contribution in [0.4, 0.5) is 0 Å². The van der Waals surface area contributed by atoms with E-state index in [-0.39, 0.29) is 0 Å². The molecule has 1 aromatic rings. The van der Waals surface area contributed by atoms with Gasteiger partial charge in [-0.2, -0.15) is 0 Å². The van der Waals surface area contributed by atoms with E-state index in [1.807, 2.05) is 13.0 Å². The Kier molecular flexibility index (Phi) is 9.39. The Balaban J connectivity index is 0.000000450. The predicted molar refractivity (Wildman–Crippen MR) is 93.1 cm³/mol. The van der Waals surface area contributed by atoms with Crippen molar-refractivity contribution in [1.82, 2.24) is 5.32 Å². The van der Waals surface area contributed by atoms with Gasteiger partial charge in [0.25, 0.3) is 0 Å². The number of carboxylic acid groups (broad SMARTS) is 2. The van der Waals surface area contributed by atoms with E-state index in [4.69, 9.17) is 29.3 Å². The van der Waals surface area contributed by atoms with Gasteiger partial charge in [-0.1, -0.05) is 25.3 Å². The van der Waals surface area contributed by atoms with Gasteiger partial charge in [0.05, 0.1) is 13.7 Å². The van der Waals surface area contributed by atoms with Crippen molar-refractivity contribution in [3.05, 3.63) is 23.8 Å². The van der Waals surface area contributed by atoms with Crippen LogP contribution in [0.5, 0.6) is 11.5 Å². The molecule has 0 unspecified atom stereocenters. The molecule has 0 bridgehead atoms. The highest BCUT2D eigenvalue weighted by Crippen LogP contribution is 2.28. The first-order valence-corrected chi connectivity index (χ1v) is 8.47. The Morgan fingerprint density at radius 1 is 1.12 bits per heavy atom. The van der Waals surface area contributed by atoms with Crippen LogP contribution in [0.2, 0.25) is 0 Å². The molecule has 0 spiro atoms. The molecule has 1 fully saturated rings. The number of aliphatic carboxylic acids is 2. The monoisotopic (exact) mass is 353 g/mol. The highest BCUT2D eigenvalue weighted by atomic mass is 16.5. The van der Waals surface area contributed by atoms with Crippen molar-refractivity contribution in [1.29, 1.82) is 0 Å². The van der Waals surface area contributed by atoms with Crippen molar-refractivity contribution in [2.75, 3.05) is 13.7 Å². The third-order valence-electron chi connectivity index (χ3n) is 3.91. The molecule has 0 radical (unpaired) electrons. The van der Waals surface area contributed by atoms with E-state index in [0.29, 0.717) is 12.6 Å². The van der Waals surface area contributed by atoms with Gasteiger partial charge in [0.2, 0.25) is 0 Å². The van der Waals surface area contributed by atoms with E-state index in [1.54, 1.807) is 7.11 Å². The number of rotatable bonds is 6. The second-order valence-electron chi connectivity index (χ2n) is 5.74. The zero-order valence-corrected chi connectivity index (χ0v) is 14.8. The molecular weight excluding hydrogens is 326 g/mol. The number of methoxy groups -OCH3 is 1. The van der Waals surface area contributed by atoms with Crippen molar-refractivity contribution < 1.29 is 29.3 Å². The zero-order valence-electron chi connectivity index (χ0n) is 14.8. The van der Waals surface area contributed by atoms with E-state index in [1.165, 1.54) is 37.7 Å². The van der Waals surface area contributed by atoms with Gasteiger partial charge >= 0.3 is 11.9 Å². The van der Waals surface area contributed by atoms with Gasteiger partial charge in [0.15, 0.2) is 11.5 Å². The highest BCUT2D eigenvalue weighted by molar-refractivity contribution is 6.27. The van der Waals surface area contributed by atoms with Gasteiger partial charge in [-0.15, -0.1) is 0 Å². The normalized spacial score (nSPS) is 14.2. The third-order valence-corrected chi connectivity index (χ3v) is 3.91. The van der Waals surface area contributed by atoms with Crippen LogP contribution in [-0.2, 0) is 16.1 Å². The lowest BCUT2D eigenvalue weighted by molar-refractivity contribution is -0.159. The highest BCUT2D eigenvalue weighted by Gasteiger charge is 2.13. The fourth-order valence-electron chi connectivity index (χ4n) is 2.67. The van der Waals surface area contributed by atoms with Crippen molar-refractivity contribution >= 4 is 11.9 Å². The minimum absolute atomic E-state index is 0.663. The number of carbonyl (C=O) groups is 2. The minimum Gasteiger partial charge on any atom is -0.493 e. The number of ether oxygens (including phenoxy) is 2. The van der Waals surface area contributed by atoms with Crippen molar-refractivity contribution in [3.8, 4) is 11.5 Å². The van der Waals surface area contributed by atoms with Gasteiger partial charge in [-0.25, -0.2) is 9.59 Å². The van der Waals surface area contributed by atoms with E-state index < -0.39 is 11.9 Å². The van der Waals surface area contributed by atoms with Crippen LogP contribution in [0, 0.1) is 0 Å². The average Bonchev–Trinajstić information content (AvgIpc) is 2.62. The van der Waals surface area contributed by atoms with Crippen LogP contribution in [0.15, 0.2) is 18.2 Å². The first-order valence-electron chi connectivity index (χ1n) is 8.47. The van der Waals surface area contributed by atoms with E-state index >= 15 is 0 Å². The molecule has 0 amide bonds. The Bertz CT molecular complexity index is 542. The summed E-state index contributed by atoms with van der Waals surface area (Å²) in [5, 5.41) is 18.4. The SMILES string of the molecule is CCOc1cc(CNC2CCCCC2)ccc1OC.O=C(O)C(=O)O. The van der Waals surface area contributed by atoms with Gasteiger partial charge in [0, 0.05) is 12.6 Å². The van der Waals surface area contributed by atoms with Gasteiger partial charge in [-0.05, 0) is 37.5 Å². The second-order valence-corrected chi connectivity index (χ2v) is 5.74. The molecular formula is C18H27NO6. The van der Waals surface area contributed by atoms with E-state index in [0.717, 1.165) is 18.0 Å². The number of hydrogen-bond donors (Lipinski definition) is 3. The molecule has 3 N–H and O–H groups in total. The molecule has 1 aromatic carbocycles. The van der Waals surface area contributed by atoms with Gasteiger partial charge in [-0.3, -0.25) is 0 Å². The molecule has 1 aliphatic rings. The smallest absolute Gasteiger partial charge is 0.414 e. The largest absolute Gasteiger partial charge is 0.493 e. The fourth-order valence-corrected chi connectivity index (χ4v) is 2.67. The number of hydrogen-bond acceptors (Lipinski definition) is 5. The summed E-state index contributed by atoms with van der Waals surface area (Å²) in [7, 11) is 1.68. The van der Waals surface area contributed by atoms with Gasteiger partial charge < -0.3 is 25.0 Å². The maximum atomic E-state index is 9.10. The molecule has 0 aliphatic heterocycles. The quantitative estimate of drug-likeness (QED) is 0.675. The molecule has 2 rings (SSSR count). The van der Waals surface area contributed by atoms with Crippen LogP contribution in [0.25, 0.3) is 0 Å². The van der Waals surface area contributed by atoms with Crippen molar-refractivity contribution in [2.24, 2.45) is 0 Å². The second kappa shape index (κ2) is 11.3. The summed E-state index contributed by atoms with van der Waals surface area (Å²) in [5.41, 5.74) is 1.26. The molecule has 1 aliphatic carbocycles. The summed E-state index contributed by atoms with van der Waals surface area (Å²) in [5.74, 6) is -2.00. The molecule has 0 aromatic heterocycles. The first kappa shape index (κ1) is 20.8. The molecule has 1 saturated carbocycles. The van der Waals surface area contributed by atoms with Crippen LogP contribution < -0.4 is 14.8 Å². The Labute approximate surface area is 147 Å². The zero-order chi connectivity index (χ0) is 18.7. The Hall–Kier alpha value is -2.28. The van der Waals surface area contributed by atoms with E-state index in [9.17, 15) is 0 Å². The molecule has 0 heterocycles. The third kappa shape index (κ3) is 7.89. The number of benzene rings is 1. The summed E-state index contributed by atoms with van der Waals surface area (Å²) in [6.45, 7) is 3.57. The summed E-state index contributed by atoms with van der Waals surface area (Å²) in [6, 6.07) is 6.87. The lowest BCUT2D eigenvalue weighted by Gasteiger charge is -2.23. The maximum absolute atomic E-state index is 9.10. The van der Waals surface area contributed by atoms with Crippen LogP contribution in [0.1, 0.15) is 44.6 Å². The molecule has 25 heavy (non-hydrogen) atoms. The molecule has 0 saturated heterocycles. The Morgan fingerprint density at radius 2 is 1.76 bits per heavy atom. The summed E-state index contributed by atoms with van der Waals surface area (Å²) >= 11 is 0. The Morgan fingerprint density at radius 3 is 2.28 bits per heavy atom. The fraction of sp³-hybridized carbons (Fsp3) is 0.556. The van der Waals surface area contributed by atoms with Crippen LogP contribution in [0.3, 0.4) is 0 Å². The van der Waals surface area contributed by atoms with E-state index in [2.05, 4.69) is 17.4 Å². The lowest BCUT2D eigenvalue weighted by Crippen LogP contribution is -2.30. The number of nitrogens with one attached hydrogen (secondary N) is 1. The number of carboxylic acids is 2.